The van der Waals surface area contributed by atoms with Crippen LogP contribution in [0, 0.1) is 17.8 Å². The fourth-order valence-electron chi connectivity index (χ4n) is 5.86. The summed E-state index contributed by atoms with van der Waals surface area (Å²) in [7, 11) is 0. The van der Waals surface area contributed by atoms with Gasteiger partial charge in [0.15, 0.2) is 5.82 Å². The Kier molecular flexibility index (Phi) is 4.00. The lowest BCUT2D eigenvalue weighted by molar-refractivity contribution is -0.151. The molecule has 1 N–H and O–H groups in total. The number of fused-ring (bicyclic) bond motifs is 5. The summed E-state index contributed by atoms with van der Waals surface area (Å²) in [6, 6.07) is 3.86. The second kappa shape index (κ2) is 6.64. The van der Waals surface area contributed by atoms with Crippen molar-refractivity contribution in [1.82, 2.24) is 19.5 Å². The molecule has 0 radical (unpaired) electrons. The third-order valence-electron chi connectivity index (χ3n) is 7.20. The third-order valence-corrected chi connectivity index (χ3v) is 7.41. The standard InChI is InChI=1S/C23H21ClN4O2/c24-15-9-17-16(5-6-18(17)25-11-15)21-26-10-14-7-8-28(22(14)27-21)20-13-3-1-12(2-4-13)19(20)23(29)30/h5,7-13,19-20H,1-4,6H2,(H,29,30)/t12?,13?,19-,20-/m0/s1. The Balaban J connectivity index is 1.46. The molecule has 0 saturated heterocycles. The molecule has 4 aliphatic rings. The van der Waals surface area contributed by atoms with E-state index < -0.39 is 5.97 Å². The Bertz CT molecular complexity index is 1210. The van der Waals surface area contributed by atoms with Crippen LogP contribution in [-0.4, -0.2) is 30.6 Å². The first-order valence-corrected chi connectivity index (χ1v) is 10.9. The number of rotatable bonds is 3. The highest BCUT2D eigenvalue weighted by Gasteiger charge is 2.48. The SMILES string of the molecule is O=C(O)[C@H]1C2CCC(CC2)[C@@H]1n1ccc2cnc(C3=CCc4ncc(Cl)cc43)nc21. The van der Waals surface area contributed by atoms with E-state index in [0.29, 0.717) is 16.8 Å². The molecule has 4 aliphatic carbocycles. The number of hydrogen-bond donors (Lipinski definition) is 1. The lowest BCUT2D eigenvalue weighted by Crippen LogP contribution is -2.44. The zero-order chi connectivity index (χ0) is 20.4. The first-order valence-electron chi connectivity index (χ1n) is 10.5. The Labute approximate surface area is 178 Å². The van der Waals surface area contributed by atoms with Gasteiger partial charge < -0.3 is 9.67 Å². The molecular formula is C23H21ClN4O2. The number of nitrogens with zero attached hydrogens (tertiary/aromatic N) is 4. The molecule has 0 aliphatic heterocycles. The summed E-state index contributed by atoms with van der Waals surface area (Å²) in [5.41, 5.74) is 3.70. The van der Waals surface area contributed by atoms with Crippen LogP contribution < -0.4 is 0 Å². The maximum absolute atomic E-state index is 12.2. The molecule has 3 aromatic heterocycles. The number of aromatic nitrogens is 4. The van der Waals surface area contributed by atoms with Gasteiger partial charge in [0.05, 0.1) is 22.7 Å². The fourth-order valence-corrected chi connectivity index (χ4v) is 6.02. The molecule has 7 heteroatoms. The summed E-state index contributed by atoms with van der Waals surface area (Å²) < 4.78 is 2.11. The minimum absolute atomic E-state index is 0.0452. The van der Waals surface area contributed by atoms with Crippen LogP contribution >= 0.6 is 11.6 Å². The molecule has 152 valence electrons. The number of carboxylic acids is 1. The van der Waals surface area contributed by atoms with Crippen LogP contribution in [0.2, 0.25) is 5.02 Å². The Hall–Kier alpha value is -2.73. The Morgan fingerprint density at radius 1 is 1.13 bits per heavy atom. The van der Waals surface area contributed by atoms with E-state index in [9.17, 15) is 9.90 Å². The van der Waals surface area contributed by atoms with Crippen LogP contribution in [0.15, 0.2) is 36.8 Å². The van der Waals surface area contributed by atoms with Crippen molar-refractivity contribution in [1.29, 1.82) is 0 Å². The first-order chi connectivity index (χ1) is 14.6. The van der Waals surface area contributed by atoms with E-state index in [0.717, 1.165) is 60.0 Å². The normalized spacial score (nSPS) is 27.3. The molecule has 0 amide bonds. The monoisotopic (exact) mass is 420 g/mol. The second-order valence-electron chi connectivity index (χ2n) is 8.69. The largest absolute Gasteiger partial charge is 0.481 e. The van der Waals surface area contributed by atoms with Gasteiger partial charge >= 0.3 is 5.97 Å². The van der Waals surface area contributed by atoms with Gasteiger partial charge in [-0.25, -0.2) is 9.97 Å². The summed E-state index contributed by atoms with van der Waals surface area (Å²) >= 11 is 6.17. The minimum atomic E-state index is -0.682. The van der Waals surface area contributed by atoms with E-state index in [1.54, 1.807) is 6.20 Å². The average Bonchev–Trinajstić information content (AvgIpc) is 3.37. The van der Waals surface area contributed by atoms with Crippen LogP contribution in [0.1, 0.15) is 48.8 Å². The van der Waals surface area contributed by atoms with Gasteiger partial charge in [-0.05, 0) is 49.7 Å². The van der Waals surface area contributed by atoms with Crippen molar-refractivity contribution >= 4 is 34.2 Å². The molecular weight excluding hydrogens is 400 g/mol. The number of halogens is 1. The van der Waals surface area contributed by atoms with Gasteiger partial charge in [0.25, 0.3) is 0 Å². The lowest BCUT2D eigenvalue weighted by atomic mass is 9.61. The number of pyridine rings is 1. The van der Waals surface area contributed by atoms with Crippen LogP contribution in [0.25, 0.3) is 16.6 Å². The van der Waals surface area contributed by atoms with Gasteiger partial charge in [0.2, 0.25) is 0 Å². The quantitative estimate of drug-likeness (QED) is 0.673. The highest BCUT2D eigenvalue weighted by atomic mass is 35.5. The number of hydrogen-bond acceptors (Lipinski definition) is 4. The molecule has 3 saturated carbocycles. The number of allylic oxidation sites excluding steroid dienone is 1. The summed E-state index contributed by atoms with van der Waals surface area (Å²) in [6.07, 6.45) is 12.6. The second-order valence-corrected chi connectivity index (χ2v) is 9.13. The molecule has 3 fully saturated rings. The van der Waals surface area contributed by atoms with E-state index in [1.165, 1.54) is 0 Å². The average molecular weight is 421 g/mol. The molecule has 6 nitrogen and oxygen atoms in total. The summed E-state index contributed by atoms with van der Waals surface area (Å²) in [5.74, 6) is 0.256. The predicted octanol–water partition coefficient (Wildman–Crippen LogP) is 4.53. The smallest absolute Gasteiger partial charge is 0.308 e. The van der Waals surface area contributed by atoms with Gasteiger partial charge in [-0.3, -0.25) is 9.78 Å². The summed E-state index contributed by atoms with van der Waals surface area (Å²) in [4.78, 5) is 26.1. The topological polar surface area (TPSA) is 80.9 Å². The maximum atomic E-state index is 12.2. The number of carboxylic acid groups (broad SMARTS) is 1. The number of aliphatic carboxylic acids is 1. The minimum Gasteiger partial charge on any atom is -0.481 e. The van der Waals surface area contributed by atoms with Crippen molar-refractivity contribution in [3.63, 3.8) is 0 Å². The van der Waals surface area contributed by atoms with Crippen molar-refractivity contribution in [3.05, 3.63) is 58.9 Å². The van der Waals surface area contributed by atoms with Gasteiger partial charge in [0, 0.05) is 41.5 Å². The van der Waals surface area contributed by atoms with Crippen molar-refractivity contribution in [2.45, 2.75) is 38.1 Å². The van der Waals surface area contributed by atoms with Crippen molar-refractivity contribution in [2.75, 3.05) is 0 Å². The highest BCUT2D eigenvalue weighted by molar-refractivity contribution is 6.30. The molecule has 2 bridgehead atoms. The summed E-state index contributed by atoms with van der Waals surface area (Å²) in [6.45, 7) is 0. The Morgan fingerprint density at radius 2 is 1.93 bits per heavy atom. The fraction of sp³-hybridized carbons (Fsp3) is 0.391. The molecule has 3 heterocycles. The third kappa shape index (κ3) is 2.63. The van der Waals surface area contributed by atoms with Crippen molar-refractivity contribution in [3.8, 4) is 0 Å². The molecule has 2 atom stereocenters. The van der Waals surface area contributed by atoms with E-state index in [4.69, 9.17) is 16.6 Å². The molecule has 0 aromatic carbocycles. The van der Waals surface area contributed by atoms with Crippen LogP contribution in [0.3, 0.4) is 0 Å². The number of carbonyl (C=O) groups is 1. The van der Waals surface area contributed by atoms with Gasteiger partial charge in [0.1, 0.15) is 5.65 Å². The van der Waals surface area contributed by atoms with Gasteiger partial charge in [-0.2, -0.15) is 0 Å². The van der Waals surface area contributed by atoms with E-state index in [2.05, 4.69) is 20.6 Å². The first kappa shape index (κ1) is 18.1. The molecule has 3 aromatic rings. The zero-order valence-electron chi connectivity index (χ0n) is 16.3. The highest BCUT2D eigenvalue weighted by Crippen LogP contribution is 2.52. The van der Waals surface area contributed by atoms with Crippen LogP contribution in [0.4, 0.5) is 0 Å². The van der Waals surface area contributed by atoms with Crippen LogP contribution in [0.5, 0.6) is 0 Å². The van der Waals surface area contributed by atoms with Gasteiger partial charge in [-0.1, -0.05) is 17.7 Å². The molecule has 0 spiro atoms. The zero-order valence-corrected chi connectivity index (χ0v) is 17.1. The van der Waals surface area contributed by atoms with Crippen molar-refractivity contribution < 1.29 is 9.90 Å². The maximum Gasteiger partial charge on any atom is 0.308 e. The molecule has 0 unspecified atom stereocenters. The van der Waals surface area contributed by atoms with E-state index in [-0.39, 0.29) is 17.9 Å². The Morgan fingerprint density at radius 3 is 2.73 bits per heavy atom. The molecule has 30 heavy (non-hydrogen) atoms. The van der Waals surface area contributed by atoms with Crippen molar-refractivity contribution in [2.24, 2.45) is 17.8 Å². The van der Waals surface area contributed by atoms with Gasteiger partial charge in [-0.15, -0.1) is 0 Å². The molecule has 7 rings (SSSR count). The lowest BCUT2D eigenvalue weighted by Gasteiger charge is -2.47. The summed E-state index contributed by atoms with van der Waals surface area (Å²) in [5, 5.41) is 11.5. The van der Waals surface area contributed by atoms with Crippen LogP contribution in [-0.2, 0) is 11.2 Å². The van der Waals surface area contributed by atoms with E-state index in [1.807, 2.05) is 24.5 Å². The predicted molar refractivity (Wildman–Crippen MR) is 113 cm³/mol. The van der Waals surface area contributed by atoms with E-state index >= 15 is 0 Å².